The third-order valence-electron chi connectivity index (χ3n) is 18.9. The molecule has 0 aliphatic carbocycles. The smallest absolute Gasteiger partial charge is 0.261 e. The maximum absolute atomic E-state index is 12.3. The normalized spacial score (nSPS) is 25.2. The fraction of sp³-hybridized carbons (Fsp3) is 0.349. The third kappa shape index (κ3) is 19.8. The first kappa shape index (κ1) is 75.0. The number of benzene rings is 9. The lowest BCUT2D eigenvalue weighted by Crippen LogP contribution is -2.70. The standard InChI is InChI=1S/C86H96O16Si/c1-5-51-90-83-81(95-58-67-43-25-11-26-44-67)78(92-55-64-37-19-8-20-38-64)76(73(99-83)61-97-103(86(2,3)4,69-47-29-13-30-48-69)70-49-31-14-32-50-70)102-85-82(96-59-68-45-27-12-28-46-68)79(93-56-65-39-21-9-22-40-65)75(72(100-85)60-89-53-62-33-15-6-16-34-62)101-84-80(94-57-66-41-23-10-24-42-66)77(74(88)71(52-87)98-84)91-54-63-35-17-7-18-36-63/h5-50,71-85,87-88H,1,51-61H2,2-4H3/t71-,72-,73-,74-,75-,76-,77+,78+,79+,80-,81-,82-,83+,84-,85-/m1/s1. The van der Waals surface area contributed by atoms with E-state index in [1.54, 1.807) is 6.08 Å². The van der Waals surface area contributed by atoms with Gasteiger partial charge in [0.05, 0.1) is 72.7 Å². The molecule has 3 aliphatic heterocycles. The van der Waals surface area contributed by atoms with Crippen LogP contribution in [0.3, 0.4) is 0 Å². The monoisotopic (exact) mass is 1410 g/mol. The summed E-state index contributed by atoms with van der Waals surface area (Å²) >= 11 is 0. The van der Waals surface area contributed by atoms with E-state index < -0.39 is 112 Å². The summed E-state index contributed by atoms with van der Waals surface area (Å²) in [6.07, 6.45) is -15.4. The van der Waals surface area contributed by atoms with E-state index in [9.17, 15) is 10.2 Å². The zero-order chi connectivity index (χ0) is 71.1. The van der Waals surface area contributed by atoms with Gasteiger partial charge in [-0.3, -0.25) is 0 Å². The first-order valence-corrected chi connectivity index (χ1v) is 37.5. The Morgan fingerprint density at radius 1 is 0.350 bits per heavy atom. The highest BCUT2D eigenvalue weighted by atomic mass is 28.4. The van der Waals surface area contributed by atoms with Crippen molar-refractivity contribution < 1.29 is 76.2 Å². The lowest BCUT2D eigenvalue weighted by atomic mass is 9.95. The molecule has 3 saturated heterocycles. The lowest BCUT2D eigenvalue weighted by molar-refractivity contribution is -0.393. The number of hydrogen-bond acceptors (Lipinski definition) is 16. The van der Waals surface area contributed by atoms with Gasteiger partial charge in [-0.25, -0.2) is 0 Å². The Balaban J connectivity index is 1.01. The third-order valence-corrected chi connectivity index (χ3v) is 23.9. The average molecular weight is 1410 g/mol. The summed E-state index contributed by atoms with van der Waals surface area (Å²) < 4.78 is 102. The van der Waals surface area contributed by atoms with Gasteiger partial charge in [0.2, 0.25) is 0 Å². The molecular formula is C86H96O16Si. The minimum Gasteiger partial charge on any atom is -0.405 e. The summed E-state index contributed by atoms with van der Waals surface area (Å²) in [6, 6.07) is 89.9. The van der Waals surface area contributed by atoms with Crippen molar-refractivity contribution >= 4 is 18.7 Å². The number of hydrogen-bond donors (Lipinski definition) is 2. The topological polar surface area (TPSA) is 170 Å². The molecule has 3 fully saturated rings. The fourth-order valence-corrected chi connectivity index (χ4v) is 18.3. The summed E-state index contributed by atoms with van der Waals surface area (Å²) in [5, 5.41) is 25.2. The van der Waals surface area contributed by atoms with Crippen molar-refractivity contribution in [2.75, 3.05) is 26.4 Å². The van der Waals surface area contributed by atoms with E-state index in [-0.39, 0.29) is 66.1 Å². The van der Waals surface area contributed by atoms with Gasteiger partial charge in [0, 0.05) is 0 Å². The van der Waals surface area contributed by atoms with Crippen molar-refractivity contribution in [3.8, 4) is 0 Å². The molecule has 540 valence electrons. The van der Waals surface area contributed by atoms with Gasteiger partial charge in [0.25, 0.3) is 8.32 Å². The van der Waals surface area contributed by atoms with E-state index in [0.29, 0.717) is 0 Å². The minimum absolute atomic E-state index is 0.0250. The zero-order valence-corrected chi connectivity index (χ0v) is 59.8. The quantitative estimate of drug-likeness (QED) is 0.0284. The Morgan fingerprint density at radius 3 is 0.990 bits per heavy atom. The molecule has 9 aromatic carbocycles. The summed E-state index contributed by atoms with van der Waals surface area (Å²) in [4.78, 5) is 0. The first-order valence-electron chi connectivity index (χ1n) is 35.6. The van der Waals surface area contributed by atoms with Crippen LogP contribution in [0.15, 0.2) is 286 Å². The van der Waals surface area contributed by atoms with Crippen LogP contribution in [0, 0.1) is 0 Å². The average Bonchev–Trinajstić information content (AvgIpc) is 0.761. The van der Waals surface area contributed by atoms with Crippen molar-refractivity contribution in [3.05, 3.63) is 325 Å². The Hall–Kier alpha value is -7.70. The van der Waals surface area contributed by atoms with Crippen molar-refractivity contribution in [2.24, 2.45) is 0 Å². The van der Waals surface area contributed by atoms with Crippen LogP contribution in [0.1, 0.15) is 59.7 Å². The van der Waals surface area contributed by atoms with Crippen molar-refractivity contribution in [1.29, 1.82) is 0 Å². The van der Waals surface area contributed by atoms with E-state index in [4.69, 9.17) is 66.0 Å². The van der Waals surface area contributed by atoms with E-state index in [0.717, 1.165) is 49.3 Å². The van der Waals surface area contributed by atoms with Gasteiger partial charge in [-0.15, -0.1) is 6.58 Å². The first-order chi connectivity index (χ1) is 50.5. The second kappa shape index (κ2) is 37.8. The Bertz CT molecular complexity index is 3820. The van der Waals surface area contributed by atoms with Crippen LogP contribution in [-0.4, -0.2) is 137 Å². The Labute approximate surface area is 607 Å². The molecule has 103 heavy (non-hydrogen) atoms. The van der Waals surface area contributed by atoms with Crippen LogP contribution >= 0.6 is 0 Å². The molecule has 12 rings (SSSR count). The lowest BCUT2D eigenvalue weighted by Gasteiger charge is -2.52. The molecule has 3 heterocycles. The van der Waals surface area contributed by atoms with Gasteiger partial charge in [-0.2, -0.15) is 0 Å². The minimum atomic E-state index is -3.34. The fourth-order valence-electron chi connectivity index (χ4n) is 13.8. The molecule has 9 aromatic rings. The highest BCUT2D eigenvalue weighted by Crippen LogP contribution is 2.42. The van der Waals surface area contributed by atoms with Crippen molar-refractivity contribution in [2.45, 2.75) is 164 Å². The molecule has 0 amide bonds. The summed E-state index contributed by atoms with van der Waals surface area (Å²) in [6.45, 7) is 11.0. The maximum Gasteiger partial charge on any atom is 0.261 e. The summed E-state index contributed by atoms with van der Waals surface area (Å²) in [5.41, 5.74) is 6.17. The molecule has 17 heteroatoms. The molecule has 0 radical (unpaired) electrons. The van der Waals surface area contributed by atoms with Gasteiger partial charge in [0.15, 0.2) is 18.9 Å². The Kier molecular flexibility index (Phi) is 27.5. The molecule has 15 atom stereocenters. The van der Waals surface area contributed by atoms with Gasteiger partial charge in [-0.05, 0) is 54.4 Å². The number of ether oxygens (including phenoxy) is 13. The molecule has 16 nitrogen and oxygen atoms in total. The Morgan fingerprint density at radius 2 is 0.641 bits per heavy atom. The number of aliphatic hydroxyl groups is 2. The predicted molar refractivity (Wildman–Crippen MR) is 395 cm³/mol. The van der Waals surface area contributed by atoms with Crippen molar-refractivity contribution in [3.63, 3.8) is 0 Å². The van der Waals surface area contributed by atoms with Crippen LogP contribution in [0.2, 0.25) is 5.04 Å². The van der Waals surface area contributed by atoms with Gasteiger partial charge < -0.3 is 76.2 Å². The van der Waals surface area contributed by atoms with E-state index >= 15 is 0 Å². The molecule has 3 aliphatic rings. The van der Waals surface area contributed by atoms with Gasteiger partial charge in [0.1, 0.15) is 73.2 Å². The van der Waals surface area contributed by atoms with Crippen LogP contribution in [0.25, 0.3) is 0 Å². The molecule has 0 spiro atoms. The van der Waals surface area contributed by atoms with E-state index in [1.165, 1.54) is 0 Å². The summed E-state index contributed by atoms with van der Waals surface area (Å²) in [7, 11) is -3.34. The van der Waals surface area contributed by atoms with Gasteiger partial charge in [-0.1, -0.05) is 300 Å². The number of aliphatic hydroxyl groups excluding tert-OH is 2. The van der Waals surface area contributed by atoms with E-state index in [1.807, 2.05) is 224 Å². The SMILES string of the molecule is C=CCO[C@H]1O[C@H](CO[Si](c2ccccc2)(c2ccccc2)C(C)(C)C)[C@@H](O[C@H]2O[C@H](COCc3ccccc3)[C@@H](O[C@H]3O[C@H](CO)[C@@H](O)[C@H](OCc4ccccc4)[C@H]3OCc3ccccc3)[C@H](OCc3ccccc3)[C@H]2OCc2ccccc2)[C@H](OCc2ccccc2)[C@H]1OCc1ccccc1. The van der Waals surface area contributed by atoms with E-state index in [2.05, 4.69) is 75.9 Å². The largest absolute Gasteiger partial charge is 0.405 e. The second-order valence-corrected chi connectivity index (χ2v) is 31.5. The number of rotatable bonds is 35. The van der Waals surface area contributed by atoms with Crippen LogP contribution in [-0.2, 0) is 112 Å². The molecule has 0 saturated carbocycles. The summed E-state index contributed by atoms with van der Waals surface area (Å²) in [5.74, 6) is 0. The highest BCUT2D eigenvalue weighted by molar-refractivity contribution is 6.99. The maximum atomic E-state index is 12.3. The van der Waals surface area contributed by atoms with Crippen LogP contribution in [0.4, 0.5) is 0 Å². The molecule has 0 aromatic heterocycles. The molecule has 2 N–H and O–H groups in total. The van der Waals surface area contributed by atoms with Crippen LogP contribution in [0.5, 0.6) is 0 Å². The highest BCUT2D eigenvalue weighted by Gasteiger charge is 2.58. The molecule has 0 unspecified atom stereocenters. The molecule has 0 bridgehead atoms. The van der Waals surface area contributed by atoms with Crippen LogP contribution < -0.4 is 10.4 Å². The van der Waals surface area contributed by atoms with Gasteiger partial charge >= 0.3 is 0 Å². The second-order valence-electron chi connectivity index (χ2n) is 27.2. The van der Waals surface area contributed by atoms with Crippen molar-refractivity contribution in [1.82, 2.24) is 0 Å². The predicted octanol–water partition coefficient (Wildman–Crippen LogP) is 12.8. The zero-order valence-electron chi connectivity index (χ0n) is 58.8. The molecular weight excluding hydrogens is 1320 g/mol.